The molecule has 1 rings (SSSR count). The minimum Gasteiger partial charge on any atom is -0.393 e. The fourth-order valence-electron chi connectivity index (χ4n) is 2.20. The largest absolute Gasteiger partial charge is 0.393 e. The molecule has 0 aromatic heterocycles. The summed E-state index contributed by atoms with van der Waals surface area (Å²) < 4.78 is 0. The van der Waals surface area contributed by atoms with Gasteiger partial charge in [-0.05, 0) is 37.1 Å². The molecule has 1 aliphatic carbocycles. The van der Waals surface area contributed by atoms with Gasteiger partial charge in [0.05, 0.1) is 12.2 Å². The Bertz CT molecular complexity index is 228. The van der Waals surface area contributed by atoms with E-state index in [0.29, 0.717) is 13.0 Å². The molecule has 5 heteroatoms. The normalized spacial score (nSPS) is 31.4. The van der Waals surface area contributed by atoms with Gasteiger partial charge in [0, 0.05) is 11.5 Å². The molecule has 5 nitrogen and oxygen atoms in total. The number of hydrogen-bond donors (Lipinski definition) is 2. The Kier molecular flexibility index (Phi) is 4.20. The first-order chi connectivity index (χ1) is 6.73. The van der Waals surface area contributed by atoms with Crippen molar-refractivity contribution in [2.24, 2.45) is 11.0 Å². The molecule has 0 aliphatic heterocycles. The highest BCUT2D eigenvalue weighted by Gasteiger charge is 2.39. The van der Waals surface area contributed by atoms with Crippen molar-refractivity contribution in [2.75, 3.05) is 13.2 Å². The van der Waals surface area contributed by atoms with Crippen LogP contribution in [-0.4, -0.2) is 29.0 Å². The van der Waals surface area contributed by atoms with Crippen molar-refractivity contribution < 1.29 is 10.2 Å². The average molecular weight is 199 g/mol. The molecule has 0 heterocycles. The third-order valence-corrected chi connectivity index (χ3v) is 3.07. The lowest BCUT2D eigenvalue weighted by Crippen LogP contribution is -2.37. The van der Waals surface area contributed by atoms with Crippen LogP contribution >= 0.6 is 0 Å². The lowest BCUT2D eigenvalue weighted by atomic mass is 9.88. The molecule has 0 bridgehead atoms. The Labute approximate surface area is 83.4 Å². The van der Waals surface area contributed by atoms with Crippen LogP contribution in [0.15, 0.2) is 5.11 Å². The van der Waals surface area contributed by atoms with Crippen LogP contribution in [0.2, 0.25) is 0 Å². The van der Waals surface area contributed by atoms with Crippen LogP contribution in [-0.2, 0) is 0 Å². The number of aliphatic hydroxyl groups is 2. The monoisotopic (exact) mass is 199 g/mol. The van der Waals surface area contributed by atoms with Crippen molar-refractivity contribution in [1.29, 1.82) is 0 Å². The maximum Gasteiger partial charge on any atom is 0.0905 e. The molecule has 1 saturated carbocycles. The fourth-order valence-corrected chi connectivity index (χ4v) is 2.20. The Morgan fingerprint density at radius 2 is 2.36 bits per heavy atom. The van der Waals surface area contributed by atoms with Crippen LogP contribution in [0, 0.1) is 5.92 Å². The number of hydrogen-bond acceptors (Lipinski definition) is 3. The highest BCUT2D eigenvalue weighted by atomic mass is 16.3. The fraction of sp³-hybridized carbons (Fsp3) is 1.00. The van der Waals surface area contributed by atoms with Crippen molar-refractivity contribution in [2.45, 2.75) is 37.7 Å². The van der Waals surface area contributed by atoms with E-state index in [-0.39, 0.29) is 12.5 Å². The summed E-state index contributed by atoms with van der Waals surface area (Å²) in [6, 6.07) is 0. The molecule has 0 radical (unpaired) electrons. The van der Waals surface area contributed by atoms with E-state index in [9.17, 15) is 5.11 Å². The lowest BCUT2D eigenvalue weighted by Gasteiger charge is -2.27. The number of rotatable bonds is 5. The Hall–Kier alpha value is -0.770. The molecule has 0 unspecified atom stereocenters. The quantitative estimate of drug-likeness (QED) is 0.305. The molecular weight excluding hydrogens is 182 g/mol. The Morgan fingerprint density at radius 1 is 1.57 bits per heavy atom. The third-order valence-electron chi connectivity index (χ3n) is 3.07. The van der Waals surface area contributed by atoms with Crippen molar-refractivity contribution in [1.82, 2.24) is 0 Å². The van der Waals surface area contributed by atoms with E-state index in [0.717, 1.165) is 25.7 Å². The zero-order chi connectivity index (χ0) is 10.4. The van der Waals surface area contributed by atoms with Gasteiger partial charge in [0.25, 0.3) is 0 Å². The second kappa shape index (κ2) is 5.20. The molecule has 0 spiro atoms. The maximum atomic E-state index is 9.96. The molecular formula is C9H17N3O2. The minimum atomic E-state index is -0.879. The molecule has 2 N–H and O–H groups in total. The topological polar surface area (TPSA) is 89.2 Å². The van der Waals surface area contributed by atoms with Gasteiger partial charge in [-0.25, -0.2) is 0 Å². The van der Waals surface area contributed by atoms with Gasteiger partial charge >= 0.3 is 0 Å². The van der Waals surface area contributed by atoms with Crippen LogP contribution in [0.3, 0.4) is 0 Å². The molecule has 80 valence electrons. The van der Waals surface area contributed by atoms with Gasteiger partial charge in [0.15, 0.2) is 0 Å². The van der Waals surface area contributed by atoms with E-state index in [1.807, 2.05) is 0 Å². The number of nitrogens with zero attached hydrogens (tertiary/aromatic N) is 3. The van der Waals surface area contributed by atoms with E-state index in [1.54, 1.807) is 0 Å². The zero-order valence-corrected chi connectivity index (χ0v) is 8.26. The highest BCUT2D eigenvalue weighted by molar-refractivity contribution is 4.91. The molecule has 2 atom stereocenters. The first kappa shape index (κ1) is 11.3. The second-order valence-corrected chi connectivity index (χ2v) is 3.95. The molecule has 0 aromatic rings. The molecule has 0 aromatic carbocycles. The maximum absolute atomic E-state index is 9.96. The van der Waals surface area contributed by atoms with E-state index >= 15 is 0 Å². The van der Waals surface area contributed by atoms with Crippen molar-refractivity contribution in [3.05, 3.63) is 10.4 Å². The van der Waals surface area contributed by atoms with Gasteiger partial charge in [-0.2, -0.15) is 0 Å². The first-order valence-electron chi connectivity index (χ1n) is 5.07. The van der Waals surface area contributed by atoms with Crippen molar-refractivity contribution in [3.63, 3.8) is 0 Å². The molecule has 1 aliphatic rings. The Morgan fingerprint density at radius 3 is 3.00 bits per heavy atom. The third kappa shape index (κ3) is 2.61. The first-order valence-corrected chi connectivity index (χ1v) is 5.07. The van der Waals surface area contributed by atoms with Crippen molar-refractivity contribution in [3.8, 4) is 0 Å². The Balaban J connectivity index is 2.32. The predicted octanol–water partition coefficient (Wildman–Crippen LogP) is 1.60. The van der Waals surface area contributed by atoms with Gasteiger partial charge in [0.1, 0.15) is 0 Å². The van der Waals surface area contributed by atoms with Gasteiger partial charge in [0.2, 0.25) is 0 Å². The molecule has 0 amide bonds. The molecule has 14 heavy (non-hydrogen) atoms. The van der Waals surface area contributed by atoms with Gasteiger partial charge in [-0.15, -0.1) is 0 Å². The molecule has 0 saturated heterocycles. The van der Waals surface area contributed by atoms with Gasteiger partial charge in [-0.1, -0.05) is 11.5 Å². The number of aliphatic hydroxyl groups excluding tert-OH is 1. The summed E-state index contributed by atoms with van der Waals surface area (Å²) in [6.07, 6.45) is 4.25. The number of azide groups is 1. The lowest BCUT2D eigenvalue weighted by molar-refractivity contribution is -0.0469. The summed E-state index contributed by atoms with van der Waals surface area (Å²) in [4.78, 5) is 2.67. The summed E-state index contributed by atoms with van der Waals surface area (Å²) in [5.41, 5.74) is 7.20. The van der Waals surface area contributed by atoms with Crippen molar-refractivity contribution >= 4 is 0 Å². The minimum absolute atomic E-state index is 0.154. The summed E-state index contributed by atoms with van der Waals surface area (Å²) in [5.74, 6) is 0.168. The van der Waals surface area contributed by atoms with Gasteiger partial charge in [-0.3, -0.25) is 0 Å². The average Bonchev–Trinajstić information content (AvgIpc) is 2.56. The second-order valence-electron chi connectivity index (χ2n) is 3.95. The zero-order valence-electron chi connectivity index (χ0n) is 8.26. The summed E-state index contributed by atoms with van der Waals surface area (Å²) in [6.45, 7) is 0.327. The van der Waals surface area contributed by atoms with E-state index in [4.69, 9.17) is 10.6 Å². The highest BCUT2D eigenvalue weighted by Crippen LogP contribution is 2.38. The predicted molar refractivity (Wildman–Crippen MR) is 52.6 cm³/mol. The van der Waals surface area contributed by atoms with Crippen LogP contribution < -0.4 is 0 Å². The SMILES string of the molecule is [N-]=[N+]=NCCC[C@@H]1CCC[C@@]1(O)CO. The van der Waals surface area contributed by atoms with E-state index in [1.165, 1.54) is 0 Å². The van der Waals surface area contributed by atoms with E-state index in [2.05, 4.69) is 10.0 Å². The molecule has 1 fully saturated rings. The van der Waals surface area contributed by atoms with E-state index < -0.39 is 5.60 Å². The smallest absolute Gasteiger partial charge is 0.0905 e. The van der Waals surface area contributed by atoms with Crippen LogP contribution in [0.25, 0.3) is 10.4 Å². The van der Waals surface area contributed by atoms with Gasteiger partial charge < -0.3 is 10.2 Å². The standard InChI is InChI=1S/C9H17N3O2/c10-12-11-6-2-4-8-3-1-5-9(8,14)7-13/h8,13-14H,1-7H2/t8-,9+/m0/s1. The summed E-state index contributed by atoms with van der Waals surface area (Å²) in [5, 5.41) is 22.5. The summed E-state index contributed by atoms with van der Waals surface area (Å²) >= 11 is 0. The summed E-state index contributed by atoms with van der Waals surface area (Å²) in [7, 11) is 0. The van der Waals surface area contributed by atoms with Crippen LogP contribution in [0.1, 0.15) is 32.1 Å². The van der Waals surface area contributed by atoms with Crippen LogP contribution in [0.4, 0.5) is 0 Å². The van der Waals surface area contributed by atoms with Crippen LogP contribution in [0.5, 0.6) is 0 Å².